The number of anilines is 1. The molecule has 0 aliphatic rings. The maximum atomic E-state index is 11.6. The van der Waals surface area contributed by atoms with Crippen LogP contribution in [-0.4, -0.2) is 18.5 Å². The van der Waals surface area contributed by atoms with Crippen LogP contribution >= 0.6 is 15.9 Å². The minimum Gasteiger partial charge on any atom is -0.376 e. The van der Waals surface area contributed by atoms with E-state index in [1.165, 1.54) is 0 Å². The number of halogens is 1. The highest BCUT2D eigenvalue weighted by Crippen LogP contribution is 2.29. The van der Waals surface area contributed by atoms with Gasteiger partial charge in [-0.2, -0.15) is 0 Å². The Kier molecular flexibility index (Phi) is 4.43. The Morgan fingerprint density at radius 2 is 1.84 bits per heavy atom. The lowest BCUT2D eigenvalue weighted by Crippen LogP contribution is -2.34. The molecule has 2 aromatic carbocycles. The molecule has 100 valence electrons. The molecule has 4 heteroatoms. The molecule has 19 heavy (non-hydrogen) atoms. The largest absolute Gasteiger partial charge is 0.376 e. The Labute approximate surface area is 121 Å². The van der Waals surface area contributed by atoms with Crippen LogP contribution in [0.15, 0.2) is 40.9 Å². The molecule has 0 saturated heterocycles. The van der Waals surface area contributed by atoms with Crippen molar-refractivity contribution in [1.29, 1.82) is 0 Å². The molecule has 0 aliphatic carbocycles. The normalized spacial score (nSPS) is 10.7. The lowest BCUT2D eigenvalue weighted by molar-refractivity contribution is -0.119. The third kappa shape index (κ3) is 3.47. The van der Waals surface area contributed by atoms with Crippen molar-refractivity contribution in [2.24, 2.45) is 0 Å². The molecule has 0 aliphatic heterocycles. The van der Waals surface area contributed by atoms with E-state index in [2.05, 4.69) is 32.6 Å². The minimum absolute atomic E-state index is 0.00185. The first-order valence-electron chi connectivity index (χ1n) is 6.28. The second kappa shape index (κ2) is 6.06. The van der Waals surface area contributed by atoms with Crippen molar-refractivity contribution < 1.29 is 4.79 Å². The summed E-state index contributed by atoms with van der Waals surface area (Å²) in [4.78, 5) is 11.6. The molecule has 1 amide bonds. The van der Waals surface area contributed by atoms with Gasteiger partial charge in [0.2, 0.25) is 5.91 Å². The van der Waals surface area contributed by atoms with Crippen molar-refractivity contribution in [3.63, 3.8) is 0 Å². The first-order chi connectivity index (χ1) is 9.08. The van der Waals surface area contributed by atoms with Crippen molar-refractivity contribution in [2.45, 2.75) is 19.9 Å². The van der Waals surface area contributed by atoms with E-state index in [0.717, 1.165) is 20.9 Å². The van der Waals surface area contributed by atoms with Gasteiger partial charge < -0.3 is 10.6 Å². The summed E-state index contributed by atoms with van der Waals surface area (Å²) in [6, 6.07) is 12.2. The molecule has 0 fully saturated rings. The smallest absolute Gasteiger partial charge is 0.239 e. The van der Waals surface area contributed by atoms with E-state index < -0.39 is 0 Å². The molecule has 2 N–H and O–H groups in total. The Morgan fingerprint density at radius 3 is 2.53 bits per heavy atom. The molecule has 0 saturated carbocycles. The number of benzene rings is 2. The summed E-state index contributed by atoms with van der Waals surface area (Å²) >= 11 is 3.54. The number of carbonyl (C=O) groups is 1. The zero-order valence-corrected chi connectivity index (χ0v) is 12.6. The van der Waals surface area contributed by atoms with Gasteiger partial charge in [-0.3, -0.25) is 4.79 Å². The molecule has 2 aromatic rings. The van der Waals surface area contributed by atoms with Gasteiger partial charge >= 0.3 is 0 Å². The summed E-state index contributed by atoms with van der Waals surface area (Å²) < 4.78 is 1.06. The van der Waals surface area contributed by atoms with Crippen LogP contribution in [0.1, 0.15) is 13.8 Å². The predicted octanol–water partition coefficient (Wildman–Crippen LogP) is 3.54. The van der Waals surface area contributed by atoms with Crippen LogP contribution in [-0.2, 0) is 4.79 Å². The Hall–Kier alpha value is -1.55. The van der Waals surface area contributed by atoms with Gasteiger partial charge in [0.25, 0.3) is 0 Å². The lowest BCUT2D eigenvalue weighted by atomic mass is 10.1. The van der Waals surface area contributed by atoms with Crippen molar-refractivity contribution >= 4 is 38.3 Å². The first-order valence-corrected chi connectivity index (χ1v) is 7.07. The molecule has 0 atom stereocenters. The summed E-state index contributed by atoms with van der Waals surface area (Å²) in [5, 5.41) is 8.29. The van der Waals surface area contributed by atoms with Crippen LogP contribution in [0.3, 0.4) is 0 Å². The maximum absolute atomic E-state index is 11.6. The van der Waals surface area contributed by atoms with Crippen molar-refractivity contribution in [1.82, 2.24) is 5.32 Å². The van der Waals surface area contributed by atoms with Crippen molar-refractivity contribution in [2.75, 3.05) is 11.9 Å². The second-order valence-electron chi connectivity index (χ2n) is 4.72. The molecular weight excluding hydrogens is 304 g/mol. The third-order valence-electron chi connectivity index (χ3n) is 2.76. The summed E-state index contributed by atoms with van der Waals surface area (Å²) in [5.74, 6) is 0.00185. The van der Waals surface area contributed by atoms with Crippen LogP contribution in [0.25, 0.3) is 10.8 Å². The molecule has 0 bridgehead atoms. The zero-order chi connectivity index (χ0) is 13.8. The van der Waals surface area contributed by atoms with E-state index in [9.17, 15) is 4.79 Å². The van der Waals surface area contributed by atoms with E-state index in [4.69, 9.17) is 0 Å². The van der Waals surface area contributed by atoms with E-state index in [1.807, 2.05) is 44.2 Å². The molecule has 0 radical (unpaired) electrons. The van der Waals surface area contributed by atoms with E-state index in [1.54, 1.807) is 0 Å². The first kappa shape index (κ1) is 13.9. The fourth-order valence-electron chi connectivity index (χ4n) is 1.96. The standard InChI is InChI=1S/C15H17BrN2O/c1-10(2)18-15(19)9-17-14-8-7-13(16)11-5-3-4-6-12(11)14/h3-8,10,17H,9H2,1-2H3,(H,18,19). The van der Waals surface area contributed by atoms with Gasteiger partial charge in [-0.25, -0.2) is 0 Å². The Bertz CT molecular complexity index is 596. The van der Waals surface area contributed by atoms with E-state index >= 15 is 0 Å². The molecule has 0 unspecified atom stereocenters. The van der Waals surface area contributed by atoms with Crippen molar-refractivity contribution in [3.05, 3.63) is 40.9 Å². The third-order valence-corrected chi connectivity index (χ3v) is 3.45. The molecule has 2 rings (SSSR count). The number of carbonyl (C=O) groups excluding carboxylic acids is 1. The number of hydrogen-bond acceptors (Lipinski definition) is 2. The summed E-state index contributed by atoms with van der Waals surface area (Å²) in [5.41, 5.74) is 0.970. The highest BCUT2D eigenvalue weighted by Gasteiger charge is 2.06. The molecular formula is C15H17BrN2O. The average Bonchev–Trinajstić information content (AvgIpc) is 2.37. The number of amides is 1. The van der Waals surface area contributed by atoms with Crippen molar-refractivity contribution in [3.8, 4) is 0 Å². The maximum Gasteiger partial charge on any atom is 0.239 e. The van der Waals surface area contributed by atoms with Gasteiger partial charge in [0, 0.05) is 21.6 Å². The van der Waals surface area contributed by atoms with Gasteiger partial charge in [0.1, 0.15) is 0 Å². The summed E-state index contributed by atoms with van der Waals surface area (Å²) in [6.07, 6.45) is 0. The minimum atomic E-state index is 0.00185. The second-order valence-corrected chi connectivity index (χ2v) is 5.57. The summed E-state index contributed by atoms with van der Waals surface area (Å²) in [7, 11) is 0. The van der Waals surface area contributed by atoms with Gasteiger partial charge in [-0.1, -0.05) is 40.2 Å². The quantitative estimate of drug-likeness (QED) is 0.904. The molecule has 3 nitrogen and oxygen atoms in total. The monoisotopic (exact) mass is 320 g/mol. The topological polar surface area (TPSA) is 41.1 Å². The Balaban J connectivity index is 2.17. The fourth-order valence-corrected chi connectivity index (χ4v) is 2.44. The molecule has 0 spiro atoms. The van der Waals surface area contributed by atoms with Gasteiger partial charge in [0.05, 0.1) is 6.54 Å². The zero-order valence-electron chi connectivity index (χ0n) is 11.0. The van der Waals surface area contributed by atoms with Crippen LogP contribution in [0, 0.1) is 0 Å². The SMILES string of the molecule is CC(C)NC(=O)CNc1ccc(Br)c2ccccc12. The van der Waals surface area contributed by atoms with Crippen LogP contribution in [0.5, 0.6) is 0 Å². The van der Waals surface area contributed by atoms with Gasteiger partial charge in [-0.15, -0.1) is 0 Å². The number of nitrogens with one attached hydrogen (secondary N) is 2. The van der Waals surface area contributed by atoms with Crippen LogP contribution in [0.4, 0.5) is 5.69 Å². The van der Waals surface area contributed by atoms with Crippen LogP contribution < -0.4 is 10.6 Å². The fraction of sp³-hybridized carbons (Fsp3) is 0.267. The number of fused-ring (bicyclic) bond motifs is 1. The average molecular weight is 321 g/mol. The highest BCUT2D eigenvalue weighted by atomic mass is 79.9. The Morgan fingerprint density at radius 1 is 1.16 bits per heavy atom. The van der Waals surface area contributed by atoms with Crippen LogP contribution in [0.2, 0.25) is 0 Å². The lowest BCUT2D eigenvalue weighted by Gasteiger charge is -2.12. The van der Waals surface area contributed by atoms with Gasteiger partial charge in [0.15, 0.2) is 0 Å². The number of rotatable bonds is 4. The molecule has 0 heterocycles. The summed E-state index contributed by atoms with van der Waals surface area (Å²) in [6.45, 7) is 4.18. The number of hydrogen-bond donors (Lipinski definition) is 2. The highest BCUT2D eigenvalue weighted by molar-refractivity contribution is 9.10. The van der Waals surface area contributed by atoms with E-state index in [0.29, 0.717) is 0 Å². The predicted molar refractivity (Wildman–Crippen MR) is 83.4 cm³/mol. The van der Waals surface area contributed by atoms with Gasteiger partial charge in [-0.05, 0) is 31.4 Å². The molecule has 0 aromatic heterocycles. The van der Waals surface area contributed by atoms with E-state index in [-0.39, 0.29) is 18.5 Å².